The van der Waals surface area contributed by atoms with E-state index < -0.39 is 6.10 Å². The van der Waals surface area contributed by atoms with Crippen molar-refractivity contribution in [3.8, 4) is 0 Å². The standard InChI is InChI=1S/C7H12N4O2S/c1-4(12)3-11(2)6(13)5-9-10-7(8)14-5/h4,12H,3H2,1-2H3,(H2,8,10). The van der Waals surface area contributed by atoms with Crippen LogP contribution in [0.2, 0.25) is 0 Å². The van der Waals surface area contributed by atoms with Gasteiger partial charge < -0.3 is 15.7 Å². The van der Waals surface area contributed by atoms with Gasteiger partial charge in [-0.2, -0.15) is 0 Å². The van der Waals surface area contributed by atoms with E-state index >= 15 is 0 Å². The fourth-order valence-electron chi connectivity index (χ4n) is 0.964. The van der Waals surface area contributed by atoms with Gasteiger partial charge in [-0.15, -0.1) is 10.2 Å². The summed E-state index contributed by atoms with van der Waals surface area (Å²) in [5.41, 5.74) is 5.34. The van der Waals surface area contributed by atoms with E-state index in [2.05, 4.69) is 10.2 Å². The summed E-state index contributed by atoms with van der Waals surface area (Å²) in [6.07, 6.45) is -0.561. The number of nitrogens with two attached hydrogens (primary N) is 1. The van der Waals surface area contributed by atoms with Crippen LogP contribution in [0.3, 0.4) is 0 Å². The van der Waals surface area contributed by atoms with Gasteiger partial charge in [0.15, 0.2) is 0 Å². The van der Waals surface area contributed by atoms with Crippen LogP contribution in [-0.2, 0) is 0 Å². The predicted molar refractivity (Wildman–Crippen MR) is 53.0 cm³/mol. The number of nitrogens with zero attached hydrogens (tertiary/aromatic N) is 3. The molecule has 0 fully saturated rings. The van der Waals surface area contributed by atoms with Gasteiger partial charge in [0.05, 0.1) is 6.10 Å². The van der Waals surface area contributed by atoms with Crippen LogP contribution in [0.25, 0.3) is 0 Å². The number of anilines is 1. The molecular weight excluding hydrogens is 204 g/mol. The molecule has 0 aliphatic carbocycles. The third kappa shape index (κ3) is 2.64. The average Bonchev–Trinajstić information content (AvgIpc) is 2.49. The van der Waals surface area contributed by atoms with E-state index in [0.29, 0.717) is 0 Å². The van der Waals surface area contributed by atoms with Gasteiger partial charge in [-0.1, -0.05) is 11.3 Å². The number of aliphatic hydroxyl groups excluding tert-OH is 1. The van der Waals surface area contributed by atoms with Gasteiger partial charge in [0.2, 0.25) is 10.1 Å². The summed E-state index contributed by atoms with van der Waals surface area (Å²) in [7, 11) is 1.59. The molecule has 0 saturated carbocycles. The molecule has 1 aromatic heterocycles. The first-order chi connectivity index (χ1) is 6.50. The molecule has 1 rings (SSSR count). The van der Waals surface area contributed by atoms with Gasteiger partial charge in [-0.05, 0) is 6.92 Å². The Bertz CT molecular complexity index is 325. The first-order valence-corrected chi connectivity index (χ1v) is 4.85. The molecule has 0 aliphatic heterocycles. The largest absolute Gasteiger partial charge is 0.392 e. The minimum Gasteiger partial charge on any atom is -0.392 e. The minimum atomic E-state index is -0.561. The molecular formula is C7H12N4O2S. The second kappa shape index (κ2) is 4.34. The average molecular weight is 216 g/mol. The molecule has 1 amide bonds. The molecule has 78 valence electrons. The molecule has 0 bridgehead atoms. The van der Waals surface area contributed by atoms with Gasteiger partial charge in [0, 0.05) is 13.6 Å². The summed E-state index contributed by atoms with van der Waals surface area (Å²) < 4.78 is 0. The fourth-order valence-corrected chi connectivity index (χ4v) is 1.57. The van der Waals surface area contributed by atoms with E-state index in [1.165, 1.54) is 4.90 Å². The number of amides is 1. The molecule has 0 radical (unpaired) electrons. The number of hydrogen-bond acceptors (Lipinski definition) is 6. The maximum atomic E-state index is 11.6. The van der Waals surface area contributed by atoms with E-state index in [-0.39, 0.29) is 22.6 Å². The van der Waals surface area contributed by atoms with E-state index in [0.717, 1.165) is 11.3 Å². The lowest BCUT2D eigenvalue weighted by Gasteiger charge is -2.16. The van der Waals surface area contributed by atoms with Crippen molar-refractivity contribution in [3.05, 3.63) is 5.01 Å². The third-order valence-corrected chi connectivity index (χ3v) is 2.25. The van der Waals surface area contributed by atoms with E-state index in [4.69, 9.17) is 10.8 Å². The van der Waals surface area contributed by atoms with Crippen LogP contribution in [0, 0.1) is 0 Å². The van der Waals surface area contributed by atoms with Crippen LogP contribution in [0.15, 0.2) is 0 Å². The quantitative estimate of drug-likeness (QED) is 0.715. The number of carbonyl (C=O) groups is 1. The topological polar surface area (TPSA) is 92.3 Å². The Morgan fingerprint density at radius 3 is 2.79 bits per heavy atom. The maximum Gasteiger partial charge on any atom is 0.284 e. The fraction of sp³-hybridized carbons (Fsp3) is 0.571. The Labute approximate surface area is 85.4 Å². The van der Waals surface area contributed by atoms with Crippen LogP contribution >= 0.6 is 11.3 Å². The van der Waals surface area contributed by atoms with Crippen LogP contribution in [0.4, 0.5) is 5.13 Å². The molecule has 1 aromatic rings. The highest BCUT2D eigenvalue weighted by Gasteiger charge is 2.17. The van der Waals surface area contributed by atoms with Crippen molar-refractivity contribution >= 4 is 22.4 Å². The molecule has 3 N–H and O–H groups in total. The Morgan fingerprint density at radius 2 is 2.36 bits per heavy atom. The summed E-state index contributed by atoms with van der Waals surface area (Å²) >= 11 is 1.03. The summed E-state index contributed by atoms with van der Waals surface area (Å²) in [5, 5.41) is 16.7. The number of carbonyl (C=O) groups excluding carboxylic acids is 1. The Hall–Kier alpha value is -1.21. The second-order valence-electron chi connectivity index (χ2n) is 2.98. The van der Waals surface area contributed by atoms with E-state index in [1.807, 2.05) is 0 Å². The van der Waals surface area contributed by atoms with Crippen molar-refractivity contribution < 1.29 is 9.90 Å². The first kappa shape index (κ1) is 10.9. The highest BCUT2D eigenvalue weighted by molar-refractivity contribution is 7.16. The highest BCUT2D eigenvalue weighted by atomic mass is 32.1. The van der Waals surface area contributed by atoms with Gasteiger partial charge in [-0.3, -0.25) is 4.79 Å². The number of rotatable bonds is 3. The zero-order valence-electron chi connectivity index (χ0n) is 7.97. The number of hydrogen-bond donors (Lipinski definition) is 2. The molecule has 1 unspecified atom stereocenters. The highest BCUT2D eigenvalue weighted by Crippen LogP contribution is 2.12. The van der Waals surface area contributed by atoms with Gasteiger partial charge in [0.1, 0.15) is 0 Å². The van der Waals surface area contributed by atoms with Crippen molar-refractivity contribution in [2.45, 2.75) is 13.0 Å². The SMILES string of the molecule is CC(O)CN(C)C(=O)c1nnc(N)s1. The van der Waals surface area contributed by atoms with Crippen LogP contribution in [-0.4, -0.2) is 45.8 Å². The zero-order valence-corrected chi connectivity index (χ0v) is 8.78. The zero-order chi connectivity index (χ0) is 10.7. The number of aliphatic hydroxyl groups is 1. The Balaban J connectivity index is 2.65. The summed E-state index contributed by atoms with van der Waals surface area (Å²) in [6.45, 7) is 1.87. The van der Waals surface area contributed by atoms with Crippen LogP contribution < -0.4 is 5.73 Å². The van der Waals surface area contributed by atoms with Crippen molar-refractivity contribution in [3.63, 3.8) is 0 Å². The lowest BCUT2D eigenvalue weighted by Crippen LogP contribution is -2.32. The van der Waals surface area contributed by atoms with Gasteiger partial charge in [0.25, 0.3) is 5.91 Å². The number of likely N-dealkylation sites (N-methyl/N-ethyl adjacent to an activating group) is 1. The van der Waals surface area contributed by atoms with Crippen molar-refractivity contribution in [2.75, 3.05) is 19.3 Å². The molecule has 1 heterocycles. The summed E-state index contributed by atoms with van der Waals surface area (Å²) in [5.74, 6) is -0.278. The maximum absolute atomic E-state index is 11.6. The third-order valence-electron chi connectivity index (χ3n) is 1.51. The second-order valence-corrected chi connectivity index (χ2v) is 3.99. The van der Waals surface area contributed by atoms with Crippen LogP contribution in [0.1, 0.15) is 16.7 Å². The van der Waals surface area contributed by atoms with Gasteiger partial charge >= 0.3 is 0 Å². The molecule has 6 nitrogen and oxygen atoms in total. The number of aromatic nitrogens is 2. The van der Waals surface area contributed by atoms with Crippen molar-refractivity contribution in [1.29, 1.82) is 0 Å². The normalized spacial score (nSPS) is 12.5. The minimum absolute atomic E-state index is 0.241. The van der Waals surface area contributed by atoms with E-state index in [9.17, 15) is 4.79 Å². The van der Waals surface area contributed by atoms with Gasteiger partial charge in [-0.25, -0.2) is 0 Å². The number of nitrogen functional groups attached to an aromatic ring is 1. The lowest BCUT2D eigenvalue weighted by molar-refractivity contribution is 0.0702. The lowest BCUT2D eigenvalue weighted by atomic mass is 10.4. The molecule has 0 aliphatic rings. The Morgan fingerprint density at radius 1 is 1.71 bits per heavy atom. The predicted octanol–water partition coefficient (Wildman–Crippen LogP) is -0.427. The molecule has 1 atom stereocenters. The molecule has 7 heteroatoms. The summed E-state index contributed by atoms with van der Waals surface area (Å²) in [6, 6.07) is 0. The van der Waals surface area contributed by atoms with Crippen molar-refractivity contribution in [2.24, 2.45) is 0 Å². The van der Waals surface area contributed by atoms with E-state index in [1.54, 1.807) is 14.0 Å². The van der Waals surface area contributed by atoms with Crippen molar-refractivity contribution in [1.82, 2.24) is 15.1 Å². The molecule has 0 spiro atoms. The Kier molecular flexibility index (Phi) is 3.37. The summed E-state index contributed by atoms with van der Waals surface area (Å²) in [4.78, 5) is 12.9. The monoisotopic (exact) mass is 216 g/mol. The molecule has 0 saturated heterocycles. The molecule has 0 aromatic carbocycles. The van der Waals surface area contributed by atoms with Crippen LogP contribution in [0.5, 0.6) is 0 Å². The molecule has 14 heavy (non-hydrogen) atoms. The first-order valence-electron chi connectivity index (χ1n) is 4.03. The smallest absolute Gasteiger partial charge is 0.284 e.